The molecule has 3 heterocycles. The smallest absolute Gasteiger partial charge is 0.180 e. The van der Waals surface area contributed by atoms with Gasteiger partial charge in [0.15, 0.2) is 5.82 Å². The zero-order valence-corrected chi connectivity index (χ0v) is 13.3. The Balaban J connectivity index is 1.93. The number of rotatable bonds is 1. The van der Waals surface area contributed by atoms with Crippen molar-refractivity contribution in [3.8, 4) is 11.5 Å². The summed E-state index contributed by atoms with van der Waals surface area (Å²) in [7, 11) is 0. The van der Waals surface area contributed by atoms with Crippen LogP contribution in [-0.2, 0) is 12.8 Å². The van der Waals surface area contributed by atoms with Crippen LogP contribution in [0, 0.1) is 6.92 Å². The van der Waals surface area contributed by atoms with Gasteiger partial charge in [0.25, 0.3) is 0 Å². The fourth-order valence-electron chi connectivity index (χ4n) is 2.90. The molecule has 0 N–H and O–H groups in total. The minimum absolute atomic E-state index is 0.567. The Hall–Kier alpha value is -1.52. The predicted molar refractivity (Wildman–Crippen MR) is 87.0 cm³/mol. The van der Waals surface area contributed by atoms with Crippen molar-refractivity contribution in [2.75, 3.05) is 0 Å². The van der Waals surface area contributed by atoms with Gasteiger partial charge >= 0.3 is 0 Å². The molecule has 3 aromatic heterocycles. The van der Waals surface area contributed by atoms with Gasteiger partial charge in [0.2, 0.25) is 0 Å². The molecule has 0 unspecified atom stereocenters. The average molecular weight is 316 g/mol. The molecule has 0 aromatic carbocycles. The number of hydrogen-bond acceptors (Lipinski definition) is 4. The Morgan fingerprint density at radius 2 is 1.95 bits per heavy atom. The van der Waals surface area contributed by atoms with Crippen molar-refractivity contribution in [3.05, 3.63) is 39.5 Å². The number of nitrogens with zero attached hydrogens (tertiary/aromatic N) is 3. The zero-order chi connectivity index (χ0) is 14.4. The van der Waals surface area contributed by atoms with Crippen molar-refractivity contribution in [1.82, 2.24) is 15.0 Å². The summed E-state index contributed by atoms with van der Waals surface area (Å²) in [4.78, 5) is 16.1. The third-order valence-corrected chi connectivity index (χ3v) is 5.35. The van der Waals surface area contributed by atoms with E-state index in [0.29, 0.717) is 11.0 Å². The predicted octanol–water partition coefficient (Wildman–Crippen LogP) is 4.59. The molecule has 1 aliphatic rings. The summed E-state index contributed by atoms with van der Waals surface area (Å²) in [5, 5.41) is 1.63. The standard InChI is InChI=1S/C16H14ClN3S/c1-9-5-4-7-11(18-9)15-19-14(17)13-10-6-2-3-8-12(10)21-16(13)20-15/h4-5,7H,2-3,6,8H2,1H3. The number of fused-ring (bicyclic) bond motifs is 3. The number of pyridine rings is 1. The molecule has 106 valence electrons. The van der Waals surface area contributed by atoms with Crippen molar-refractivity contribution in [2.24, 2.45) is 0 Å². The first kappa shape index (κ1) is 13.2. The largest absolute Gasteiger partial charge is 0.250 e. The molecule has 0 bridgehead atoms. The van der Waals surface area contributed by atoms with Crippen molar-refractivity contribution in [2.45, 2.75) is 32.6 Å². The molecule has 0 spiro atoms. The van der Waals surface area contributed by atoms with E-state index in [-0.39, 0.29) is 0 Å². The summed E-state index contributed by atoms with van der Waals surface area (Å²) in [6, 6.07) is 5.87. The third-order valence-electron chi connectivity index (χ3n) is 3.89. The highest BCUT2D eigenvalue weighted by Gasteiger charge is 2.20. The quantitative estimate of drug-likeness (QED) is 0.616. The maximum atomic E-state index is 6.46. The average Bonchev–Trinajstić information content (AvgIpc) is 2.86. The van der Waals surface area contributed by atoms with E-state index in [1.807, 2.05) is 25.1 Å². The summed E-state index contributed by atoms with van der Waals surface area (Å²) < 4.78 is 0. The van der Waals surface area contributed by atoms with Crippen LogP contribution in [0.2, 0.25) is 5.15 Å². The molecule has 1 aliphatic carbocycles. The van der Waals surface area contributed by atoms with Gasteiger partial charge in [-0.3, -0.25) is 0 Å². The first-order valence-electron chi connectivity index (χ1n) is 7.14. The van der Waals surface area contributed by atoms with Crippen LogP contribution in [0.4, 0.5) is 0 Å². The summed E-state index contributed by atoms with van der Waals surface area (Å²) in [6.45, 7) is 1.97. The highest BCUT2D eigenvalue weighted by atomic mass is 35.5. The second-order valence-electron chi connectivity index (χ2n) is 5.39. The van der Waals surface area contributed by atoms with E-state index in [1.165, 1.54) is 23.3 Å². The van der Waals surface area contributed by atoms with E-state index < -0.39 is 0 Å². The Labute approximate surface area is 132 Å². The van der Waals surface area contributed by atoms with Gasteiger partial charge in [-0.25, -0.2) is 15.0 Å². The van der Waals surface area contributed by atoms with Gasteiger partial charge in [-0.05, 0) is 50.3 Å². The second-order valence-corrected chi connectivity index (χ2v) is 6.83. The molecule has 0 amide bonds. The van der Waals surface area contributed by atoms with E-state index in [0.717, 1.165) is 34.4 Å². The fourth-order valence-corrected chi connectivity index (χ4v) is 4.50. The first-order valence-corrected chi connectivity index (χ1v) is 8.33. The van der Waals surface area contributed by atoms with Crippen LogP contribution in [0.5, 0.6) is 0 Å². The van der Waals surface area contributed by atoms with Gasteiger partial charge in [0.05, 0.1) is 5.39 Å². The van der Waals surface area contributed by atoms with Crippen LogP contribution in [0.15, 0.2) is 18.2 Å². The second kappa shape index (κ2) is 5.04. The molecule has 3 nitrogen and oxygen atoms in total. The van der Waals surface area contributed by atoms with Gasteiger partial charge in [0.1, 0.15) is 15.7 Å². The number of aromatic nitrogens is 3. The minimum atomic E-state index is 0.567. The third kappa shape index (κ3) is 2.23. The topological polar surface area (TPSA) is 38.7 Å². The lowest BCUT2D eigenvalue weighted by Gasteiger charge is -2.10. The van der Waals surface area contributed by atoms with Crippen molar-refractivity contribution < 1.29 is 0 Å². The maximum Gasteiger partial charge on any atom is 0.180 e. The number of halogens is 1. The highest BCUT2D eigenvalue weighted by Crippen LogP contribution is 2.39. The molecule has 0 aliphatic heterocycles. The maximum absolute atomic E-state index is 6.46. The van der Waals surface area contributed by atoms with Gasteiger partial charge < -0.3 is 0 Å². The number of hydrogen-bond donors (Lipinski definition) is 0. The van der Waals surface area contributed by atoms with Gasteiger partial charge in [-0.15, -0.1) is 11.3 Å². The Kier molecular flexibility index (Phi) is 3.16. The lowest BCUT2D eigenvalue weighted by molar-refractivity contribution is 0.700. The monoisotopic (exact) mass is 315 g/mol. The van der Waals surface area contributed by atoms with Crippen LogP contribution in [-0.4, -0.2) is 15.0 Å². The lowest BCUT2D eigenvalue weighted by atomic mass is 9.97. The molecular weight excluding hydrogens is 302 g/mol. The van der Waals surface area contributed by atoms with Gasteiger partial charge in [-0.1, -0.05) is 17.7 Å². The first-order chi connectivity index (χ1) is 10.2. The van der Waals surface area contributed by atoms with E-state index in [4.69, 9.17) is 16.6 Å². The van der Waals surface area contributed by atoms with Gasteiger partial charge in [-0.2, -0.15) is 0 Å². The van der Waals surface area contributed by atoms with Crippen molar-refractivity contribution in [3.63, 3.8) is 0 Å². The van der Waals surface area contributed by atoms with Crippen LogP contribution < -0.4 is 0 Å². The van der Waals surface area contributed by atoms with Gasteiger partial charge in [0, 0.05) is 10.6 Å². The summed E-state index contributed by atoms with van der Waals surface area (Å²) in [5.41, 5.74) is 3.11. The van der Waals surface area contributed by atoms with E-state index in [1.54, 1.807) is 11.3 Å². The Morgan fingerprint density at radius 1 is 1.10 bits per heavy atom. The molecular formula is C16H14ClN3S. The van der Waals surface area contributed by atoms with Crippen LogP contribution >= 0.6 is 22.9 Å². The van der Waals surface area contributed by atoms with E-state index in [9.17, 15) is 0 Å². The molecule has 0 atom stereocenters. The van der Waals surface area contributed by atoms with Crippen LogP contribution in [0.25, 0.3) is 21.7 Å². The fraction of sp³-hybridized carbons (Fsp3) is 0.312. The molecule has 3 aromatic rings. The Bertz CT molecular complexity index is 841. The summed E-state index contributed by atoms with van der Waals surface area (Å²) >= 11 is 8.22. The summed E-state index contributed by atoms with van der Waals surface area (Å²) in [5.74, 6) is 0.620. The minimum Gasteiger partial charge on any atom is -0.250 e. The molecule has 21 heavy (non-hydrogen) atoms. The number of aryl methyl sites for hydroxylation is 3. The molecule has 0 fully saturated rings. The molecule has 0 saturated carbocycles. The van der Waals surface area contributed by atoms with Crippen molar-refractivity contribution >= 4 is 33.2 Å². The van der Waals surface area contributed by atoms with Crippen LogP contribution in [0.3, 0.4) is 0 Å². The number of thiophene rings is 1. The van der Waals surface area contributed by atoms with E-state index in [2.05, 4.69) is 9.97 Å². The van der Waals surface area contributed by atoms with E-state index >= 15 is 0 Å². The molecule has 0 saturated heterocycles. The lowest BCUT2D eigenvalue weighted by Crippen LogP contribution is -1.99. The Morgan fingerprint density at radius 3 is 2.81 bits per heavy atom. The normalized spacial score (nSPS) is 14.4. The van der Waals surface area contributed by atoms with Crippen molar-refractivity contribution in [1.29, 1.82) is 0 Å². The highest BCUT2D eigenvalue weighted by molar-refractivity contribution is 7.19. The zero-order valence-electron chi connectivity index (χ0n) is 11.7. The SMILES string of the molecule is Cc1cccc(-c2nc(Cl)c3c4c(sc3n2)CCCC4)n1. The van der Waals surface area contributed by atoms with Crippen LogP contribution in [0.1, 0.15) is 29.0 Å². The molecule has 0 radical (unpaired) electrons. The summed E-state index contributed by atoms with van der Waals surface area (Å²) in [6.07, 6.45) is 4.73. The molecule has 4 rings (SSSR count). The molecule has 5 heteroatoms.